The number of ether oxygens (including phenoxy) is 2. The Morgan fingerprint density at radius 3 is 2.43 bits per heavy atom. The summed E-state index contributed by atoms with van der Waals surface area (Å²) in [7, 11) is 0. The monoisotopic (exact) mass is 195 g/mol. The molecule has 0 aliphatic carbocycles. The summed E-state index contributed by atoms with van der Waals surface area (Å²) in [5.74, 6) is 1.39. The van der Waals surface area contributed by atoms with Crippen molar-refractivity contribution < 1.29 is 14.6 Å². The molecular formula is C10H13NO3. The van der Waals surface area contributed by atoms with Gasteiger partial charge in [0.25, 0.3) is 0 Å². The highest BCUT2D eigenvalue weighted by Gasteiger charge is 2.16. The van der Waals surface area contributed by atoms with Crippen molar-refractivity contribution in [2.75, 3.05) is 13.2 Å². The van der Waals surface area contributed by atoms with Crippen molar-refractivity contribution in [3.8, 4) is 17.2 Å². The number of benzene rings is 1. The SMILES string of the molecule is CC(N)c1cc2c(cc1O)OCCO2. The molecule has 4 heteroatoms. The van der Waals surface area contributed by atoms with Gasteiger partial charge >= 0.3 is 0 Å². The van der Waals surface area contributed by atoms with Crippen LogP contribution in [0.2, 0.25) is 0 Å². The Morgan fingerprint density at radius 2 is 1.86 bits per heavy atom. The van der Waals surface area contributed by atoms with Crippen LogP contribution in [0.5, 0.6) is 17.2 Å². The number of phenolic OH excluding ortho intramolecular Hbond substituents is 1. The summed E-state index contributed by atoms with van der Waals surface area (Å²) >= 11 is 0. The number of fused-ring (bicyclic) bond motifs is 1. The highest BCUT2D eigenvalue weighted by atomic mass is 16.6. The maximum atomic E-state index is 9.62. The van der Waals surface area contributed by atoms with Crippen molar-refractivity contribution in [3.05, 3.63) is 17.7 Å². The fourth-order valence-corrected chi connectivity index (χ4v) is 1.46. The summed E-state index contributed by atoms with van der Waals surface area (Å²) in [6.45, 7) is 2.87. The third-order valence-electron chi connectivity index (χ3n) is 2.18. The molecule has 1 aromatic rings. The van der Waals surface area contributed by atoms with Crippen LogP contribution in [0.15, 0.2) is 12.1 Å². The summed E-state index contributed by atoms with van der Waals surface area (Å²) in [5.41, 5.74) is 6.37. The van der Waals surface area contributed by atoms with E-state index in [0.29, 0.717) is 30.3 Å². The molecule has 1 unspecified atom stereocenters. The van der Waals surface area contributed by atoms with Gasteiger partial charge in [-0.3, -0.25) is 0 Å². The lowest BCUT2D eigenvalue weighted by molar-refractivity contribution is 0.170. The first-order valence-corrected chi connectivity index (χ1v) is 4.56. The Labute approximate surface area is 82.2 Å². The second kappa shape index (κ2) is 3.38. The standard InChI is InChI=1S/C10H13NO3/c1-6(11)7-4-9-10(5-8(7)12)14-3-2-13-9/h4-6,12H,2-3,11H2,1H3. The van der Waals surface area contributed by atoms with Crippen LogP contribution in [0.3, 0.4) is 0 Å². The predicted octanol–water partition coefficient (Wildman–Crippen LogP) is 1.18. The molecule has 0 spiro atoms. The average Bonchev–Trinajstić information content (AvgIpc) is 2.16. The molecule has 0 radical (unpaired) electrons. The Balaban J connectivity index is 2.45. The lowest BCUT2D eigenvalue weighted by Gasteiger charge is -2.20. The summed E-state index contributed by atoms with van der Waals surface area (Å²) < 4.78 is 10.7. The number of rotatable bonds is 1. The van der Waals surface area contributed by atoms with E-state index >= 15 is 0 Å². The zero-order valence-electron chi connectivity index (χ0n) is 7.99. The van der Waals surface area contributed by atoms with E-state index in [1.165, 1.54) is 0 Å². The molecule has 3 N–H and O–H groups in total. The quantitative estimate of drug-likeness (QED) is 0.706. The van der Waals surface area contributed by atoms with Gasteiger partial charge in [0.1, 0.15) is 19.0 Å². The molecule has 14 heavy (non-hydrogen) atoms. The highest BCUT2D eigenvalue weighted by Crippen LogP contribution is 2.37. The fourth-order valence-electron chi connectivity index (χ4n) is 1.46. The molecule has 0 aromatic heterocycles. The van der Waals surface area contributed by atoms with Gasteiger partial charge in [-0.25, -0.2) is 0 Å². The van der Waals surface area contributed by atoms with Gasteiger partial charge in [0.15, 0.2) is 11.5 Å². The summed E-state index contributed by atoms with van der Waals surface area (Å²) in [5, 5.41) is 9.62. The van der Waals surface area contributed by atoms with Crippen molar-refractivity contribution in [3.63, 3.8) is 0 Å². The first kappa shape index (κ1) is 9.15. The Hall–Kier alpha value is -1.42. The maximum absolute atomic E-state index is 9.62. The second-order valence-corrected chi connectivity index (χ2v) is 3.34. The normalized spacial score (nSPS) is 16.4. The first-order valence-electron chi connectivity index (χ1n) is 4.56. The number of aromatic hydroxyl groups is 1. The number of nitrogens with two attached hydrogens (primary N) is 1. The van der Waals surface area contributed by atoms with E-state index in [1.54, 1.807) is 12.1 Å². The van der Waals surface area contributed by atoms with E-state index in [4.69, 9.17) is 15.2 Å². The summed E-state index contributed by atoms with van der Waals surface area (Å²) in [6.07, 6.45) is 0. The third kappa shape index (κ3) is 1.48. The molecule has 4 nitrogen and oxygen atoms in total. The Kier molecular flexibility index (Phi) is 2.21. The lowest BCUT2D eigenvalue weighted by atomic mass is 10.1. The summed E-state index contributed by atoms with van der Waals surface area (Å²) in [6, 6.07) is 3.06. The minimum absolute atomic E-state index is 0.157. The topological polar surface area (TPSA) is 64.7 Å². The molecule has 2 rings (SSSR count). The van der Waals surface area contributed by atoms with Crippen LogP contribution in [0, 0.1) is 0 Å². The maximum Gasteiger partial charge on any atom is 0.165 e. The van der Waals surface area contributed by atoms with E-state index < -0.39 is 0 Å². The zero-order valence-corrected chi connectivity index (χ0v) is 7.99. The van der Waals surface area contributed by atoms with Gasteiger partial charge in [-0.2, -0.15) is 0 Å². The molecule has 1 aromatic carbocycles. The van der Waals surface area contributed by atoms with Crippen LogP contribution in [-0.4, -0.2) is 18.3 Å². The van der Waals surface area contributed by atoms with Crippen molar-refractivity contribution in [1.29, 1.82) is 0 Å². The molecule has 0 fully saturated rings. The number of phenols is 1. The second-order valence-electron chi connectivity index (χ2n) is 3.34. The van der Waals surface area contributed by atoms with E-state index in [0.717, 1.165) is 0 Å². The van der Waals surface area contributed by atoms with Crippen molar-refractivity contribution in [2.45, 2.75) is 13.0 Å². The molecule has 0 saturated heterocycles. The van der Waals surface area contributed by atoms with Crippen molar-refractivity contribution >= 4 is 0 Å². The van der Waals surface area contributed by atoms with E-state index in [9.17, 15) is 5.11 Å². The van der Waals surface area contributed by atoms with Crippen LogP contribution in [0.25, 0.3) is 0 Å². The Bertz CT molecular complexity index is 349. The summed E-state index contributed by atoms with van der Waals surface area (Å²) in [4.78, 5) is 0. The van der Waals surface area contributed by atoms with Gasteiger partial charge in [0.2, 0.25) is 0 Å². The van der Waals surface area contributed by atoms with E-state index in [-0.39, 0.29) is 11.8 Å². The molecule has 1 heterocycles. The fraction of sp³-hybridized carbons (Fsp3) is 0.400. The van der Waals surface area contributed by atoms with Crippen LogP contribution >= 0.6 is 0 Å². The molecule has 76 valence electrons. The smallest absolute Gasteiger partial charge is 0.165 e. The minimum Gasteiger partial charge on any atom is -0.507 e. The molecule has 1 aliphatic rings. The van der Waals surface area contributed by atoms with Gasteiger partial charge < -0.3 is 20.3 Å². The Morgan fingerprint density at radius 1 is 1.29 bits per heavy atom. The molecule has 1 atom stereocenters. The zero-order chi connectivity index (χ0) is 10.1. The number of hydrogen-bond donors (Lipinski definition) is 2. The molecule has 1 aliphatic heterocycles. The van der Waals surface area contributed by atoms with Gasteiger partial charge in [-0.15, -0.1) is 0 Å². The van der Waals surface area contributed by atoms with Crippen LogP contribution < -0.4 is 15.2 Å². The first-order chi connectivity index (χ1) is 6.68. The number of hydrogen-bond acceptors (Lipinski definition) is 4. The highest BCUT2D eigenvalue weighted by molar-refractivity contribution is 5.51. The molecule has 0 amide bonds. The van der Waals surface area contributed by atoms with Crippen LogP contribution in [0.1, 0.15) is 18.5 Å². The van der Waals surface area contributed by atoms with Gasteiger partial charge in [-0.1, -0.05) is 0 Å². The van der Waals surface area contributed by atoms with Crippen LogP contribution in [-0.2, 0) is 0 Å². The molecular weight excluding hydrogens is 182 g/mol. The van der Waals surface area contributed by atoms with Crippen molar-refractivity contribution in [2.24, 2.45) is 5.73 Å². The van der Waals surface area contributed by atoms with Gasteiger partial charge in [0, 0.05) is 17.7 Å². The predicted molar refractivity (Wildman–Crippen MR) is 51.7 cm³/mol. The largest absolute Gasteiger partial charge is 0.507 e. The average molecular weight is 195 g/mol. The van der Waals surface area contributed by atoms with Gasteiger partial charge in [-0.05, 0) is 13.0 Å². The minimum atomic E-state index is -0.217. The van der Waals surface area contributed by atoms with Crippen LogP contribution in [0.4, 0.5) is 0 Å². The lowest BCUT2D eigenvalue weighted by Crippen LogP contribution is -2.16. The van der Waals surface area contributed by atoms with Gasteiger partial charge in [0.05, 0.1) is 0 Å². The van der Waals surface area contributed by atoms with Crippen molar-refractivity contribution in [1.82, 2.24) is 0 Å². The molecule has 0 bridgehead atoms. The molecule has 0 saturated carbocycles. The van der Waals surface area contributed by atoms with E-state index in [2.05, 4.69) is 0 Å². The third-order valence-corrected chi connectivity index (χ3v) is 2.18. The van der Waals surface area contributed by atoms with E-state index in [1.807, 2.05) is 6.92 Å².